The summed E-state index contributed by atoms with van der Waals surface area (Å²) in [7, 11) is 0. The van der Waals surface area contributed by atoms with Gasteiger partial charge in [0.1, 0.15) is 0 Å². The van der Waals surface area contributed by atoms with E-state index < -0.39 is 5.97 Å². The van der Waals surface area contributed by atoms with Gasteiger partial charge >= 0.3 is 5.97 Å². The lowest BCUT2D eigenvalue weighted by Gasteiger charge is -2.02. The van der Waals surface area contributed by atoms with E-state index in [9.17, 15) is 4.79 Å². The molecule has 0 aromatic rings. The Morgan fingerprint density at radius 1 is 1.70 bits per heavy atom. The van der Waals surface area contributed by atoms with Gasteiger partial charge in [-0.25, -0.2) is 4.79 Å². The monoisotopic (exact) mass is 136 g/mol. The minimum atomic E-state index is -0.892. The third-order valence-corrected chi connectivity index (χ3v) is 1.28. The molecule has 0 saturated carbocycles. The zero-order valence-corrected chi connectivity index (χ0v) is 5.50. The van der Waals surface area contributed by atoms with Crippen LogP contribution < -0.4 is 0 Å². The fraction of sp³-hybridized carbons (Fsp3) is 0.125. The topological polar surface area (TPSA) is 37.3 Å². The van der Waals surface area contributed by atoms with Crippen molar-refractivity contribution in [1.29, 1.82) is 0 Å². The Morgan fingerprint density at radius 2 is 2.40 bits per heavy atom. The predicted molar refractivity (Wildman–Crippen MR) is 38.6 cm³/mol. The first kappa shape index (κ1) is 6.81. The van der Waals surface area contributed by atoms with Crippen LogP contribution in [0.15, 0.2) is 36.0 Å². The van der Waals surface area contributed by atoms with E-state index in [0.29, 0.717) is 5.57 Å². The summed E-state index contributed by atoms with van der Waals surface area (Å²) < 4.78 is 0. The van der Waals surface area contributed by atoms with Gasteiger partial charge in [-0.05, 0) is 12.5 Å². The molecule has 0 aromatic heterocycles. The number of allylic oxidation sites excluding steroid dienone is 3. The van der Waals surface area contributed by atoms with E-state index in [0.717, 1.165) is 12.0 Å². The lowest BCUT2D eigenvalue weighted by molar-refractivity contribution is -0.132. The van der Waals surface area contributed by atoms with Crippen molar-refractivity contribution in [1.82, 2.24) is 0 Å². The van der Waals surface area contributed by atoms with E-state index in [1.165, 1.54) is 0 Å². The molecular formula is C8H8O2. The Balaban J connectivity index is 2.86. The molecule has 0 radical (unpaired) electrons. The van der Waals surface area contributed by atoms with Crippen molar-refractivity contribution in [2.24, 2.45) is 0 Å². The van der Waals surface area contributed by atoms with Crippen molar-refractivity contribution >= 4 is 5.97 Å². The molecule has 0 heterocycles. The second kappa shape index (κ2) is 2.52. The third-order valence-electron chi connectivity index (χ3n) is 1.28. The van der Waals surface area contributed by atoms with Crippen LogP contribution in [0, 0.1) is 0 Å². The average Bonchev–Trinajstić information content (AvgIpc) is 1.88. The summed E-state index contributed by atoms with van der Waals surface area (Å²) in [6.45, 7) is 3.66. The molecule has 0 amide bonds. The first-order chi connectivity index (χ1) is 4.70. The van der Waals surface area contributed by atoms with E-state index in [-0.39, 0.29) is 0 Å². The Morgan fingerprint density at radius 3 is 2.80 bits per heavy atom. The Hall–Kier alpha value is -1.31. The second-order valence-electron chi connectivity index (χ2n) is 2.17. The summed E-state index contributed by atoms with van der Waals surface area (Å²) in [6, 6.07) is 0. The van der Waals surface area contributed by atoms with Gasteiger partial charge in [0, 0.05) is 0 Å². The molecule has 0 aliphatic heterocycles. The fourth-order valence-electron chi connectivity index (χ4n) is 0.797. The fourth-order valence-corrected chi connectivity index (χ4v) is 0.797. The van der Waals surface area contributed by atoms with Crippen molar-refractivity contribution < 1.29 is 9.90 Å². The van der Waals surface area contributed by atoms with Crippen LogP contribution in [0.4, 0.5) is 0 Å². The summed E-state index contributed by atoms with van der Waals surface area (Å²) in [4.78, 5) is 10.3. The zero-order valence-electron chi connectivity index (χ0n) is 5.50. The molecule has 52 valence electrons. The highest BCUT2D eigenvalue weighted by Gasteiger charge is 2.05. The standard InChI is InChI=1S/C8H8O2/c1-6-3-2-4-7(5-6)8(9)10/h2,4-5H,1,3H2,(H,9,10). The molecule has 0 fully saturated rings. The van der Waals surface area contributed by atoms with Crippen LogP contribution in [0.25, 0.3) is 0 Å². The molecule has 1 aliphatic carbocycles. The maximum absolute atomic E-state index is 10.3. The molecule has 1 aliphatic rings. The van der Waals surface area contributed by atoms with Crippen molar-refractivity contribution in [2.75, 3.05) is 0 Å². The number of hydrogen-bond acceptors (Lipinski definition) is 1. The largest absolute Gasteiger partial charge is 0.478 e. The van der Waals surface area contributed by atoms with E-state index in [4.69, 9.17) is 5.11 Å². The van der Waals surface area contributed by atoms with Crippen LogP contribution >= 0.6 is 0 Å². The van der Waals surface area contributed by atoms with Crippen molar-refractivity contribution in [3.05, 3.63) is 36.0 Å². The summed E-state index contributed by atoms with van der Waals surface area (Å²) in [5.74, 6) is -0.892. The van der Waals surface area contributed by atoms with E-state index in [1.54, 1.807) is 18.2 Å². The quantitative estimate of drug-likeness (QED) is 0.593. The lowest BCUT2D eigenvalue weighted by atomic mass is 10.0. The number of aliphatic carboxylic acids is 1. The summed E-state index contributed by atoms with van der Waals surface area (Å²) in [5.41, 5.74) is 1.16. The van der Waals surface area contributed by atoms with Crippen LogP contribution in [0.5, 0.6) is 0 Å². The van der Waals surface area contributed by atoms with Crippen molar-refractivity contribution in [3.63, 3.8) is 0 Å². The molecule has 0 saturated heterocycles. The van der Waals surface area contributed by atoms with Crippen LogP contribution in [0.2, 0.25) is 0 Å². The van der Waals surface area contributed by atoms with Gasteiger partial charge in [-0.15, -0.1) is 0 Å². The van der Waals surface area contributed by atoms with Gasteiger partial charge in [0.2, 0.25) is 0 Å². The highest BCUT2D eigenvalue weighted by Crippen LogP contribution is 2.13. The van der Waals surface area contributed by atoms with Crippen LogP contribution in [0.3, 0.4) is 0 Å². The third kappa shape index (κ3) is 1.35. The summed E-state index contributed by atoms with van der Waals surface area (Å²) >= 11 is 0. The van der Waals surface area contributed by atoms with Gasteiger partial charge in [-0.3, -0.25) is 0 Å². The lowest BCUT2D eigenvalue weighted by Crippen LogP contribution is -2.00. The minimum absolute atomic E-state index is 0.316. The summed E-state index contributed by atoms with van der Waals surface area (Å²) in [6.07, 6.45) is 5.74. The number of rotatable bonds is 1. The number of carboxylic acids is 1. The summed E-state index contributed by atoms with van der Waals surface area (Å²) in [5, 5.41) is 8.50. The molecule has 0 bridgehead atoms. The molecule has 0 spiro atoms. The van der Waals surface area contributed by atoms with Gasteiger partial charge < -0.3 is 5.11 Å². The first-order valence-electron chi connectivity index (χ1n) is 2.99. The van der Waals surface area contributed by atoms with Crippen LogP contribution in [-0.4, -0.2) is 11.1 Å². The predicted octanol–water partition coefficient (Wildman–Crippen LogP) is 1.51. The highest BCUT2D eigenvalue weighted by atomic mass is 16.4. The zero-order chi connectivity index (χ0) is 7.56. The van der Waals surface area contributed by atoms with Gasteiger partial charge in [0.05, 0.1) is 5.57 Å². The van der Waals surface area contributed by atoms with Gasteiger partial charge in [-0.2, -0.15) is 0 Å². The molecule has 0 atom stereocenters. The molecule has 1 N–H and O–H groups in total. The number of carbonyl (C=O) groups is 1. The Kier molecular flexibility index (Phi) is 1.71. The molecule has 2 nitrogen and oxygen atoms in total. The molecule has 0 unspecified atom stereocenters. The molecule has 1 rings (SSSR count). The van der Waals surface area contributed by atoms with Gasteiger partial charge in [0.15, 0.2) is 0 Å². The number of carboxylic acid groups (broad SMARTS) is 1. The maximum atomic E-state index is 10.3. The van der Waals surface area contributed by atoms with E-state index in [1.807, 2.05) is 0 Å². The Labute approximate surface area is 59.2 Å². The molecule has 2 heteroatoms. The maximum Gasteiger partial charge on any atom is 0.335 e. The molecular weight excluding hydrogens is 128 g/mol. The van der Waals surface area contributed by atoms with Crippen LogP contribution in [-0.2, 0) is 4.79 Å². The van der Waals surface area contributed by atoms with Crippen LogP contribution in [0.1, 0.15) is 6.42 Å². The molecule has 0 aromatic carbocycles. The smallest absolute Gasteiger partial charge is 0.335 e. The van der Waals surface area contributed by atoms with Gasteiger partial charge in [-0.1, -0.05) is 24.3 Å². The normalized spacial score (nSPS) is 16.8. The van der Waals surface area contributed by atoms with Crippen molar-refractivity contribution in [2.45, 2.75) is 6.42 Å². The van der Waals surface area contributed by atoms with E-state index in [2.05, 4.69) is 6.58 Å². The van der Waals surface area contributed by atoms with Gasteiger partial charge in [0.25, 0.3) is 0 Å². The van der Waals surface area contributed by atoms with Crippen molar-refractivity contribution in [3.8, 4) is 0 Å². The highest BCUT2D eigenvalue weighted by molar-refractivity contribution is 5.90. The average molecular weight is 136 g/mol. The minimum Gasteiger partial charge on any atom is -0.478 e. The number of hydrogen-bond donors (Lipinski definition) is 1. The molecule has 10 heavy (non-hydrogen) atoms. The Bertz CT molecular complexity index is 232. The SMILES string of the molecule is C=C1C=C(C(=O)O)C=CC1. The van der Waals surface area contributed by atoms with E-state index >= 15 is 0 Å². The second-order valence-corrected chi connectivity index (χ2v) is 2.17. The first-order valence-corrected chi connectivity index (χ1v) is 2.99.